The summed E-state index contributed by atoms with van der Waals surface area (Å²) in [5.74, 6) is 1.92. The third-order valence-electron chi connectivity index (χ3n) is 7.25. The zero-order valence-corrected chi connectivity index (χ0v) is 22.9. The molecule has 3 aromatic rings. The number of nitrogens with zero attached hydrogens (tertiary/aromatic N) is 3. The monoisotopic (exact) mass is 534 g/mol. The number of aromatic nitrogens is 2. The minimum atomic E-state index is -0.561. The Morgan fingerprint density at radius 1 is 1.13 bits per heavy atom. The van der Waals surface area contributed by atoms with Crippen LogP contribution in [0.4, 0.5) is 5.69 Å². The van der Waals surface area contributed by atoms with Gasteiger partial charge in [0.2, 0.25) is 5.88 Å². The number of ether oxygens (including phenoxy) is 4. The molecule has 2 aliphatic heterocycles. The zero-order chi connectivity index (χ0) is 27.2. The Balaban J connectivity index is 1.26. The second-order valence-corrected chi connectivity index (χ2v) is 10.2. The van der Waals surface area contributed by atoms with E-state index in [1.54, 1.807) is 13.3 Å². The average Bonchev–Trinajstić information content (AvgIpc) is 2.95. The smallest absolute Gasteiger partial charge is 0.241 e. The largest absolute Gasteiger partial charge is 0.490 e. The van der Waals surface area contributed by atoms with Crippen molar-refractivity contribution in [1.82, 2.24) is 15.3 Å². The molecule has 0 saturated carbocycles. The van der Waals surface area contributed by atoms with Crippen molar-refractivity contribution in [2.75, 3.05) is 51.4 Å². The third kappa shape index (κ3) is 6.67. The van der Waals surface area contributed by atoms with Crippen LogP contribution in [0, 0.1) is 13.8 Å². The summed E-state index contributed by atoms with van der Waals surface area (Å²) in [6, 6.07) is 14.1. The topological polar surface area (TPSA) is 98.2 Å². The van der Waals surface area contributed by atoms with Gasteiger partial charge in [-0.25, -0.2) is 4.98 Å². The van der Waals surface area contributed by atoms with E-state index >= 15 is 0 Å². The normalized spacial score (nSPS) is 20.8. The number of piperidine rings is 1. The third-order valence-corrected chi connectivity index (χ3v) is 7.25. The number of aryl methyl sites for hydroxylation is 2. The van der Waals surface area contributed by atoms with Gasteiger partial charge in [0.05, 0.1) is 42.4 Å². The van der Waals surface area contributed by atoms with E-state index in [4.69, 9.17) is 18.9 Å². The number of methoxy groups -OCH3 is 1. The Morgan fingerprint density at radius 2 is 1.97 bits per heavy atom. The van der Waals surface area contributed by atoms with Crippen molar-refractivity contribution >= 4 is 5.69 Å². The van der Waals surface area contributed by atoms with E-state index in [0.29, 0.717) is 37.9 Å². The van der Waals surface area contributed by atoms with Gasteiger partial charge in [0.25, 0.3) is 0 Å². The molecule has 2 aromatic carbocycles. The van der Waals surface area contributed by atoms with Crippen molar-refractivity contribution in [3.8, 4) is 17.4 Å². The van der Waals surface area contributed by atoms with Gasteiger partial charge in [-0.2, -0.15) is 0 Å². The molecule has 0 radical (unpaired) electrons. The fourth-order valence-electron chi connectivity index (χ4n) is 5.20. The standard InChI is InChI=1S/C30H38N4O5/c1-20-16-32-21(2)30(33-20)39-24-8-6-23(7-9-24)29-26(35)17-31-18-28(29)38-19-22-5-10-27-25(15-22)34(12-14-37-27)11-4-13-36-3/h5-10,15-16,26,28-29,31,35H,4,11-14,17-19H2,1-3H3/t26-,28+,29+/m1/s1. The van der Waals surface area contributed by atoms with Gasteiger partial charge >= 0.3 is 0 Å². The molecule has 0 amide bonds. The number of anilines is 1. The van der Waals surface area contributed by atoms with Crippen LogP contribution in [0.3, 0.4) is 0 Å². The molecule has 1 fully saturated rings. The first-order chi connectivity index (χ1) is 19.0. The van der Waals surface area contributed by atoms with Gasteiger partial charge in [-0.15, -0.1) is 0 Å². The molecule has 1 aromatic heterocycles. The van der Waals surface area contributed by atoms with E-state index in [0.717, 1.165) is 60.1 Å². The molecule has 0 unspecified atom stereocenters. The van der Waals surface area contributed by atoms with Crippen molar-refractivity contribution in [2.24, 2.45) is 0 Å². The summed E-state index contributed by atoms with van der Waals surface area (Å²) in [5.41, 5.74) is 4.72. The van der Waals surface area contributed by atoms with Crippen molar-refractivity contribution in [3.63, 3.8) is 0 Å². The predicted molar refractivity (Wildman–Crippen MR) is 149 cm³/mol. The van der Waals surface area contributed by atoms with Crippen LogP contribution in [0.2, 0.25) is 0 Å². The van der Waals surface area contributed by atoms with E-state index in [-0.39, 0.29) is 12.0 Å². The van der Waals surface area contributed by atoms with E-state index in [2.05, 4.69) is 32.3 Å². The van der Waals surface area contributed by atoms with Crippen LogP contribution in [0.1, 0.15) is 34.9 Å². The lowest BCUT2D eigenvalue weighted by Gasteiger charge is -2.36. The summed E-state index contributed by atoms with van der Waals surface area (Å²) >= 11 is 0. The van der Waals surface area contributed by atoms with Gasteiger partial charge < -0.3 is 34.3 Å². The number of fused-ring (bicyclic) bond motifs is 1. The van der Waals surface area contributed by atoms with Gasteiger partial charge in [-0.1, -0.05) is 18.2 Å². The molecule has 3 heterocycles. The molecular formula is C30H38N4O5. The number of β-amino-alcohol motifs (C(OH)–C–C–N with tert-alkyl or cyclic N) is 1. The molecule has 1 saturated heterocycles. The Kier molecular flexibility index (Phi) is 8.93. The fraction of sp³-hybridized carbons (Fsp3) is 0.467. The Hall–Kier alpha value is -3.24. The molecule has 0 bridgehead atoms. The van der Waals surface area contributed by atoms with E-state index in [9.17, 15) is 5.11 Å². The van der Waals surface area contributed by atoms with Gasteiger partial charge in [0.15, 0.2) is 0 Å². The number of aliphatic hydroxyl groups is 1. The molecule has 5 rings (SSSR count). The Bertz CT molecular complexity index is 1240. The van der Waals surface area contributed by atoms with Gasteiger partial charge in [0, 0.05) is 45.5 Å². The molecule has 9 heteroatoms. The maximum atomic E-state index is 10.9. The first kappa shape index (κ1) is 27.3. The number of nitrogens with one attached hydrogen (secondary N) is 1. The maximum absolute atomic E-state index is 10.9. The van der Waals surface area contributed by atoms with Crippen molar-refractivity contribution in [2.45, 2.75) is 45.0 Å². The fourth-order valence-corrected chi connectivity index (χ4v) is 5.20. The van der Waals surface area contributed by atoms with Gasteiger partial charge in [0.1, 0.15) is 18.1 Å². The summed E-state index contributed by atoms with van der Waals surface area (Å²) in [7, 11) is 1.73. The second-order valence-electron chi connectivity index (χ2n) is 10.2. The highest BCUT2D eigenvalue weighted by molar-refractivity contribution is 5.61. The lowest BCUT2D eigenvalue weighted by Crippen LogP contribution is -2.49. The van der Waals surface area contributed by atoms with Crippen molar-refractivity contribution in [3.05, 3.63) is 71.2 Å². The lowest BCUT2D eigenvalue weighted by atomic mass is 9.85. The minimum absolute atomic E-state index is 0.160. The highest BCUT2D eigenvalue weighted by atomic mass is 16.5. The van der Waals surface area contributed by atoms with Gasteiger partial charge in [-0.05, 0) is 55.7 Å². The Labute approximate surface area is 230 Å². The van der Waals surface area contributed by atoms with E-state index < -0.39 is 6.10 Å². The van der Waals surface area contributed by atoms with Crippen molar-refractivity contribution in [1.29, 1.82) is 0 Å². The quantitative estimate of drug-likeness (QED) is 0.377. The van der Waals surface area contributed by atoms with Crippen LogP contribution in [-0.4, -0.2) is 73.8 Å². The highest BCUT2D eigenvalue weighted by Crippen LogP contribution is 2.34. The highest BCUT2D eigenvalue weighted by Gasteiger charge is 2.34. The van der Waals surface area contributed by atoms with Crippen LogP contribution < -0.4 is 19.7 Å². The summed E-state index contributed by atoms with van der Waals surface area (Å²) in [4.78, 5) is 11.1. The van der Waals surface area contributed by atoms with E-state index in [1.165, 1.54) is 0 Å². The zero-order valence-electron chi connectivity index (χ0n) is 22.9. The molecule has 0 aliphatic carbocycles. The average molecular weight is 535 g/mol. The molecule has 9 nitrogen and oxygen atoms in total. The molecule has 3 atom stereocenters. The second kappa shape index (κ2) is 12.7. The number of rotatable bonds is 10. The molecule has 208 valence electrons. The number of benzene rings is 2. The van der Waals surface area contributed by atoms with Crippen LogP contribution >= 0.6 is 0 Å². The number of hydrogen-bond acceptors (Lipinski definition) is 9. The lowest BCUT2D eigenvalue weighted by molar-refractivity contribution is -0.0328. The SMILES string of the molecule is COCCCN1CCOc2ccc(CO[C@H]3CNC[C@@H](O)[C@@H]3c3ccc(Oc4nc(C)cnc4C)cc3)cc21. The van der Waals surface area contributed by atoms with Crippen LogP contribution in [0.5, 0.6) is 17.4 Å². The molecule has 2 aliphatic rings. The van der Waals surface area contributed by atoms with Crippen LogP contribution in [0.15, 0.2) is 48.7 Å². The first-order valence-corrected chi connectivity index (χ1v) is 13.6. The summed E-state index contributed by atoms with van der Waals surface area (Å²) in [5, 5.41) is 14.2. The summed E-state index contributed by atoms with van der Waals surface area (Å²) < 4.78 is 23.5. The minimum Gasteiger partial charge on any atom is -0.490 e. The van der Waals surface area contributed by atoms with E-state index in [1.807, 2.05) is 44.2 Å². The van der Waals surface area contributed by atoms with Crippen LogP contribution in [0.25, 0.3) is 0 Å². The number of hydrogen-bond donors (Lipinski definition) is 2. The molecule has 39 heavy (non-hydrogen) atoms. The predicted octanol–water partition coefficient (Wildman–Crippen LogP) is 3.75. The van der Waals surface area contributed by atoms with Crippen molar-refractivity contribution < 1.29 is 24.1 Å². The molecule has 0 spiro atoms. The molecular weight excluding hydrogens is 496 g/mol. The Morgan fingerprint density at radius 3 is 2.79 bits per heavy atom. The number of aliphatic hydroxyl groups excluding tert-OH is 1. The van der Waals surface area contributed by atoms with Gasteiger partial charge in [-0.3, -0.25) is 4.98 Å². The summed E-state index contributed by atoms with van der Waals surface area (Å²) in [6.45, 7) is 8.59. The van der Waals surface area contributed by atoms with Crippen LogP contribution in [-0.2, 0) is 16.1 Å². The maximum Gasteiger partial charge on any atom is 0.241 e. The summed E-state index contributed by atoms with van der Waals surface area (Å²) in [6.07, 6.45) is 1.94. The first-order valence-electron chi connectivity index (χ1n) is 13.6. The molecule has 2 N–H and O–H groups in total.